The molecule has 1 aromatic carbocycles. The van der Waals surface area contributed by atoms with Crippen LogP contribution < -0.4 is 5.32 Å². The molecule has 0 unspecified atom stereocenters. The van der Waals surface area contributed by atoms with E-state index in [1.54, 1.807) is 0 Å². The molecule has 1 aliphatic carbocycles. The summed E-state index contributed by atoms with van der Waals surface area (Å²) in [6, 6.07) is 8.72. The van der Waals surface area contributed by atoms with Crippen LogP contribution in [0.4, 0.5) is 0 Å². The molecule has 0 atom stereocenters. The zero-order valence-electron chi connectivity index (χ0n) is 12.1. The van der Waals surface area contributed by atoms with E-state index in [2.05, 4.69) is 22.1 Å². The Hall–Kier alpha value is -1.32. The summed E-state index contributed by atoms with van der Waals surface area (Å²) in [6.07, 6.45) is 6.06. The smallest absolute Gasteiger partial charge is 0.0958 e. The van der Waals surface area contributed by atoms with Gasteiger partial charge in [-0.2, -0.15) is 5.10 Å². The number of rotatable bonds is 2. The lowest BCUT2D eigenvalue weighted by atomic mass is 9.93. The minimum atomic E-state index is 0.623. The zero-order chi connectivity index (χ0) is 14.2. The van der Waals surface area contributed by atoms with E-state index in [1.807, 2.05) is 12.1 Å². The Morgan fingerprint density at radius 1 is 1.10 bits per heavy atom. The fourth-order valence-corrected chi connectivity index (χ4v) is 3.48. The van der Waals surface area contributed by atoms with Gasteiger partial charge in [-0.25, -0.2) is 0 Å². The minimum Gasteiger partial charge on any atom is -0.316 e. The van der Waals surface area contributed by atoms with Crippen LogP contribution >= 0.6 is 11.6 Å². The quantitative estimate of drug-likeness (QED) is 0.918. The molecule has 0 bridgehead atoms. The summed E-state index contributed by atoms with van der Waals surface area (Å²) in [5, 5.41) is 9.29. The molecule has 2 aliphatic rings. The number of halogens is 1. The summed E-state index contributed by atoms with van der Waals surface area (Å²) in [5.41, 5.74) is 5.25. The van der Waals surface area contributed by atoms with E-state index in [-0.39, 0.29) is 0 Å². The van der Waals surface area contributed by atoms with Crippen LogP contribution in [-0.2, 0) is 12.8 Å². The van der Waals surface area contributed by atoms with Crippen LogP contribution in [0.3, 0.4) is 0 Å². The van der Waals surface area contributed by atoms with Gasteiger partial charge in [0.1, 0.15) is 0 Å². The summed E-state index contributed by atoms with van der Waals surface area (Å²) < 4.78 is 2.33. The van der Waals surface area contributed by atoms with Crippen LogP contribution in [0.2, 0.25) is 5.02 Å². The van der Waals surface area contributed by atoms with Crippen LogP contribution in [0.15, 0.2) is 24.3 Å². The highest BCUT2D eigenvalue weighted by molar-refractivity contribution is 6.30. The molecule has 110 valence electrons. The molecule has 0 spiro atoms. The van der Waals surface area contributed by atoms with Gasteiger partial charge < -0.3 is 5.32 Å². The highest BCUT2D eigenvalue weighted by Gasteiger charge is 2.27. The predicted molar refractivity (Wildman–Crippen MR) is 85.8 cm³/mol. The summed E-state index contributed by atoms with van der Waals surface area (Å²) in [6.45, 7) is 2.11. The van der Waals surface area contributed by atoms with Crippen molar-refractivity contribution in [3.8, 4) is 11.3 Å². The van der Waals surface area contributed by atoms with Crippen molar-refractivity contribution in [1.29, 1.82) is 0 Å². The lowest BCUT2D eigenvalue weighted by molar-refractivity contribution is 0.282. The first-order valence-corrected chi connectivity index (χ1v) is 8.27. The molecular formula is C17H20ClN3. The number of aromatic nitrogens is 2. The Morgan fingerprint density at radius 3 is 2.57 bits per heavy atom. The Kier molecular flexibility index (Phi) is 3.48. The molecule has 2 heterocycles. The van der Waals surface area contributed by atoms with Crippen LogP contribution in [0.25, 0.3) is 11.3 Å². The summed E-state index contributed by atoms with van der Waals surface area (Å²) >= 11 is 6.02. The standard InChI is InChI=1S/C17H20ClN3/c18-13-6-4-12(5-7-13)17-15-8-10-19-11-9-16(15)21(20-17)14-2-1-3-14/h4-7,14,19H,1-3,8-11H2. The summed E-state index contributed by atoms with van der Waals surface area (Å²) in [7, 11) is 0. The maximum absolute atomic E-state index is 6.02. The van der Waals surface area contributed by atoms with Gasteiger partial charge in [-0.3, -0.25) is 4.68 Å². The number of nitrogens with one attached hydrogen (secondary N) is 1. The fraction of sp³-hybridized carbons (Fsp3) is 0.471. The van der Waals surface area contributed by atoms with E-state index in [0.717, 1.165) is 36.6 Å². The first-order chi connectivity index (χ1) is 10.3. The number of hydrogen-bond donors (Lipinski definition) is 1. The van der Waals surface area contributed by atoms with Gasteiger partial charge in [-0.1, -0.05) is 23.7 Å². The van der Waals surface area contributed by atoms with E-state index in [4.69, 9.17) is 16.7 Å². The highest BCUT2D eigenvalue weighted by Crippen LogP contribution is 2.36. The van der Waals surface area contributed by atoms with Crippen molar-refractivity contribution in [2.75, 3.05) is 13.1 Å². The number of hydrogen-bond acceptors (Lipinski definition) is 2. The van der Waals surface area contributed by atoms with Crippen LogP contribution in [0.1, 0.15) is 36.6 Å². The van der Waals surface area contributed by atoms with Gasteiger partial charge in [0.2, 0.25) is 0 Å². The van der Waals surface area contributed by atoms with E-state index < -0.39 is 0 Å². The van der Waals surface area contributed by atoms with Crippen LogP contribution in [0, 0.1) is 0 Å². The van der Waals surface area contributed by atoms with Gasteiger partial charge in [-0.05, 0) is 44.4 Å². The molecule has 1 saturated carbocycles. The molecule has 0 amide bonds. The second kappa shape index (κ2) is 5.47. The maximum atomic E-state index is 6.02. The largest absolute Gasteiger partial charge is 0.316 e. The van der Waals surface area contributed by atoms with Gasteiger partial charge in [0, 0.05) is 34.8 Å². The minimum absolute atomic E-state index is 0.623. The third-order valence-corrected chi connectivity index (χ3v) is 5.00. The van der Waals surface area contributed by atoms with Gasteiger partial charge in [0.05, 0.1) is 11.7 Å². The molecule has 1 N–H and O–H groups in total. The van der Waals surface area contributed by atoms with Crippen molar-refractivity contribution in [2.24, 2.45) is 0 Å². The third-order valence-electron chi connectivity index (χ3n) is 4.75. The van der Waals surface area contributed by atoms with E-state index in [1.165, 1.54) is 36.1 Å². The van der Waals surface area contributed by atoms with Crippen molar-refractivity contribution in [3.05, 3.63) is 40.5 Å². The van der Waals surface area contributed by atoms with E-state index >= 15 is 0 Å². The van der Waals surface area contributed by atoms with Gasteiger partial charge in [-0.15, -0.1) is 0 Å². The summed E-state index contributed by atoms with van der Waals surface area (Å²) in [4.78, 5) is 0. The van der Waals surface area contributed by atoms with Gasteiger partial charge in [0.15, 0.2) is 0 Å². The molecular weight excluding hydrogens is 282 g/mol. The van der Waals surface area contributed by atoms with Gasteiger partial charge >= 0.3 is 0 Å². The first-order valence-electron chi connectivity index (χ1n) is 7.90. The second-order valence-corrected chi connectivity index (χ2v) is 6.50. The number of benzene rings is 1. The Balaban J connectivity index is 1.82. The highest BCUT2D eigenvalue weighted by atomic mass is 35.5. The average Bonchev–Trinajstić information content (AvgIpc) is 2.63. The normalized spacial score (nSPS) is 18.9. The van der Waals surface area contributed by atoms with Crippen molar-refractivity contribution >= 4 is 11.6 Å². The van der Waals surface area contributed by atoms with Crippen molar-refractivity contribution < 1.29 is 0 Å². The van der Waals surface area contributed by atoms with Crippen molar-refractivity contribution in [3.63, 3.8) is 0 Å². The van der Waals surface area contributed by atoms with Crippen LogP contribution in [-0.4, -0.2) is 22.9 Å². The topological polar surface area (TPSA) is 29.9 Å². The third kappa shape index (κ3) is 2.39. The molecule has 1 aromatic heterocycles. The molecule has 1 fully saturated rings. The molecule has 0 saturated heterocycles. The SMILES string of the molecule is Clc1ccc(-c2nn(C3CCC3)c3c2CCNCC3)cc1. The first kappa shape index (κ1) is 13.4. The zero-order valence-corrected chi connectivity index (χ0v) is 12.9. The fourth-order valence-electron chi connectivity index (χ4n) is 3.35. The van der Waals surface area contributed by atoms with Crippen LogP contribution in [0.5, 0.6) is 0 Å². The molecule has 1 aliphatic heterocycles. The second-order valence-electron chi connectivity index (χ2n) is 6.06. The Morgan fingerprint density at radius 2 is 1.86 bits per heavy atom. The van der Waals surface area contributed by atoms with E-state index in [9.17, 15) is 0 Å². The molecule has 3 nitrogen and oxygen atoms in total. The molecule has 4 rings (SSSR count). The average molecular weight is 302 g/mol. The Labute approximate surface area is 130 Å². The lowest BCUT2D eigenvalue weighted by Crippen LogP contribution is -2.22. The molecule has 0 radical (unpaired) electrons. The molecule has 2 aromatic rings. The molecule has 4 heteroatoms. The lowest BCUT2D eigenvalue weighted by Gasteiger charge is -2.27. The number of nitrogens with zero attached hydrogens (tertiary/aromatic N) is 2. The van der Waals surface area contributed by atoms with Crippen molar-refractivity contribution in [2.45, 2.75) is 38.1 Å². The number of fused-ring (bicyclic) bond motifs is 1. The predicted octanol–water partition coefficient (Wildman–Crippen LogP) is 3.62. The van der Waals surface area contributed by atoms with E-state index in [0.29, 0.717) is 6.04 Å². The molecule has 21 heavy (non-hydrogen) atoms. The summed E-state index contributed by atoms with van der Waals surface area (Å²) in [5.74, 6) is 0. The maximum Gasteiger partial charge on any atom is 0.0958 e. The monoisotopic (exact) mass is 301 g/mol. The Bertz CT molecular complexity index is 641. The van der Waals surface area contributed by atoms with Gasteiger partial charge in [0.25, 0.3) is 0 Å². The van der Waals surface area contributed by atoms with Crippen molar-refractivity contribution in [1.82, 2.24) is 15.1 Å².